The maximum atomic E-state index is 5.70. The Morgan fingerprint density at radius 3 is 1.55 bits per heavy atom. The summed E-state index contributed by atoms with van der Waals surface area (Å²) in [4.78, 5) is 0.951. The Morgan fingerprint density at radius 1 is 0.763 bits per heavy atom. The molecule has 0 radical (unpaired) electrons. The third-order valence-corrected chi connectivity index (χ3v) is 6.89. The predicted octanol–water partition coefficient (Wildman–Crippen LogP) is 2.89. The summed E-state index contributed by atoms with van der Waals surface area (Å²) in [5.41, 5.74) is 0.584. The maximum Gasteiger partial charge on any atom is 0.146 e. The minimum Gasteiger partial charge on any atom is -0.497 e. The van der Waals surface area contributed by atoms with Crippen LogP contribution in [0.4, 0.5) is 0 Å². The summed E-state index contributed by atoms with van der Waals surface area (Å²) in [5, 5.41) is 19.3. The number of rotatable bonds is 10. The highest BCUT2D eigenvalue weighted by Gasteiger charge is 2.29. The van der Waals surface area contributed by atoms with Gasteiger partial charge in [-0.3, -0.25) is 20.7 Å². The Morgan fingerprint density at radius 2 is 1.18 bits per heavy atom. The van der Waals surface area contributed by atoms with Gasteiger partial charge in [0.2, 0.25) is 0 Å². The van der Waals surface area contributed by atoms with Crippen LogP contribution in [-0.4, -0.2) is 93.7 Å². The zero-order valence-electron chi connectivity index (χ0n) is 22.5. The fourth-order valence-corrected chi connectivity index (χ4v) is 4.14. The van der Waals surface area contributed by atoms with Crippen LogP contribution in [-0.2, 0) is 0 Å². The first-order chi connectivity index (χ1) is 18.3. The SMILES string of the molecule is COc1ccc(OC)c(C(=S)N(C)/N=C/C2(/C=N/N(C)C(=S)c3cc(OC)ccc3OC)NCCCN2)c1. The molecule has 1 aliphatic rings. The smallest absolute Gasteiger partial charge is 0.146 e. The van der Waals surface area contributed by atoms with Gasteiger partial charge >= 0.3 is 0 Å². The summed E-state index contributed by atoms with van der Waals surface area (Å²) in [7, 11) is 9.96. The summed E-state index contributed by atoms with van der Waals surface area (Å²) in [6, 6.07) is 10.9. The normalized spacial score (nSPS) is 14.8. The largest absolute Gasteiger partial charge is 0.497 e. The van der Waals surface area contributed by atoms with Gasteiger partial charge in [-0.25, -0.2) is 0 Å². The first kappa shape index (κ1) is 29.2. The zero-order chi connectivity index (χ0) is 27.7. The molecular weight excluding hydrogens is 524 g/mol. The Labute approximate surface area is 234 Å². The standard InChI is InChI=1S/C26H34N6O4S2/c1-31(24(37)20-14-18(33-3)8-10-22(20)35-5)29-16-26(27-12-7-13-28-26)17-30-32(2)25(38)21-15-19(34-4)9-11-23(21)36-6/h8-11,14-17,27-28H,7,12-13H2,1-6H3/b29-16+,30-17+. The molecule has 204 valence electrons. The van der Waals surface area contributed by atoms with Crippen molar-refractivity contribution < 1.29 is 18.9 Å². The molecule has 1 saturated heterocycles. The summed E-state index contributed by atoms with van der Waals surface area (Å²) in [6.07, 6.45) is 4.43. The number of ether oxygens (including phenoxy) is 4. The highest BCUT2D eigenvalue weighted by atomic mass is 32.1. The average molecular weight is 559 g/mol. The van der Waals surface area contributed by atoms with Crippen molar-refractivity contribution >= 4 is 46.8 Å². The lowest BCUT2D eigenvalue weighted by molar-refractivity contribution is 0.386. The van der Waals surface area contributed by atoms with Gasteiger partial charge in [0.15, 0.2) is 0 Å². The second kappa shape index (κ2) is 13.5. The van der Waals surface area contributed by atoms with Gasteiger partial charge in [0, 0.05) is 14.1 Å². The summed E-state index contributed by atoms with van der Waals surface area (Å²) in [5.74, 6) is 2.61. The molecule has 0 aliphatic carbocycles. The number of hydrogen-bond donors (Lipinski definition) is 2. The van der Waals surface area contributed by atoms with Crippen LogP contribution in [0.3, 0.4) is 0 Å². The number of nitrogens with one attached hydrogen (secondary N) is 2. The molecule has 0 bridgehead atoms. The van der Waals surface area contributed by atoms with E-state index < -0.39 is 5.66 Å². The van der Waals surface area contributed by atoms with Crippen molar-refractivity contribution in [2.24, 2.45) is 10.2 Å². The lowest BCUT2D eigenvalue weighted by Gasteiger charge is -2.33. The predicted molar refractivity (Wildman–Crippen MR) is 158 cm³/mol. The van der Waals surface area contributed by atoms with Gasteiger partial charge in [-0.05, 0) is 55.9 Å². The number of benzene rings is 2. The summed E-state index contributed by atoms with van der Waals surface area (Å²) >= 11 is 11.4. The van der Waals surface area contributed by atoms with Crippen molar-refractivity contribution in [1.82, 2.24) is 20.7 Å². The van der Waals surface area contributed by atoms with E-state index >= 15 is 0 Å². The molecule has 2 aromatic rings. The topological polar surface area (TPSA) is 92.2 Å². The molecule has 1 heterocycles. The molecule has 12 heteroatoms. The van der Waals surface area contributed by atoms with E-state index in [0.717, 1.165) is 19.5 Å². The van der Waals surface area contributed by atoms with E-state index in [0.29, 0.717) is 44.1 Å². The number of hydrogen-bond acceptors (Lipinski definition) is 10. The molecule has 2 aromatic carbocycles. The van der Waals surface area contributed by atoms with Gasteiger partial charge in [0.05, 0.1) is 52.0 Å². The molecule has 0 atom stereocenters. The average Bonchev–Trinajstić information content (AvgIpc) is 2.97. The minimum atomic E-state index is -0.817. The Kier molecular flexibility index (Phi) is 10.4. The van der Waals surface area contributed by atoms with Crippen LogP contribution in [0, 0.1) is 0 Å². The highest BCUT2D eigenvalue weighted by Crippen LogP contribution is 2.27. The van der Waals surface area contributed by atoms with Crippen molar-refractivity contribution in [3.05, 3.63) is 47.5 Å². The Hall–Kier alpha value is -3.32. The van der Waals surface area contributed by atoms with Gasteiger partial charge in [-0.1, -0.05) is 24.4 Å². The third kappa shape index (κ3) is 6.95. The zero-order valence-corrected chi connectivity index (χ0v) is 24.1. The summed E-state index contributed by atoms with van der Waals surface area (Å²) in [6.45, 7) is 1.56. The molecule has 1 fully saturated rings. The fraction of sp³-hybridized carbons (Fsp3) is 0.385. The summed E-state index contributed by atoms with van der Waals surface area (Å²) < 4.78 is 21.7. The first-order valence-corrected chi connectivity index (χ1v) is 12.7. The third-order valence-electron chi connectivity index (χ3n) is 5.92. The van der Waals surface area contributed by atoms with Gasteiger partial charge in [-0.15, -0.1) is 0 Å². The highest BCUT2D eigenvalue weighted by molar-refractivity contribution is 7.81. The Balaban J connectivity index is 1.83. The maximum absolute atomic E-state index is 5.70. The molecule has 0 spiro atoms. The van der Waals surface area contributed by atoms with E-state index in [9.17, 15) is 0 Å². The number of thiocarbonyl (C=S) groups is 2. The Bertz CT molecular complexity index is 1110. The van der Waals surface area contributed by atoms with Crippen LogP contribution in [0.15, 0.2) is 46.6 Å². The number of hydrazone groups is 2. The van der Waals surface area contributed by atoms with Crippen LogP contribution in [0.1, 0.15) is 17.5 Å². The van der Waals surface area contributed by atoms with Crippen molar-refractivity contribution in [3.8, 4) is 23.0 Å². The van der Waals surface area contributed by atoms with Crippen molar-refractivity contribution in [2.75, 3.05) is 55.6 Å². The number of methoxy groups -OCH3 is 4. The van der Waals surface area contributed by atoms with E-state index in [4.69, 9.17) is 43.4 Å². The van der Waals surface area contributed by atoms with Gasteiger partial charge in [0.25, 0.3) is 0 Å². The minimum absolute atomic E-state index is 0.475. The lowest BCUT2D eigenvalue weighted by atomic mass is 10.1. The second-order valence-electron chi connectivity index (χ2n) is 8.36. The van der Waals surface area contributed by atoms with Gasteiger partial charge in [-0.2, -0.15) is 10.2 Å². The molecule has 0 unspecified atom stereocenters. The van der Waals surface area contributed by atoms with Crippen molar-refractivity contribution in [3.63, 3.8) is 0 Å². The van der Waals surface area contributed by atoms with E-state index in [-0.39, 0.29) is 0 Å². The molecular formula is C26H34N6O4S2. The molecule has 0 amide bonds. The van der Waals surface area contributed by atoms with Gasteiger partial charge in [0.1, 0.15) is 38.6 Å². The second-order valence-corrected chi connectivity index (χ2v) is 9.13. The van der Waals surface area contributed by atoms with Crippen molar-refractivity contribution in [2.45, 2.75) is 12.1 Å². The molecule has 10 nitrogen and oxygen atoms in total. The molecule has 1 aliphatic heterocycles. The van der Waals surface area contributed by atoms with Crippen LogP contribution in [0.2, 0.25) is 0 Å². The quantitative estimate of drug-likeness (QED) is 0.258. The van der Waals surface area contributed by atoms with Crippen LogP contribution in [0.25, 0.3) is 0 Å². The fourth-order valence-electron chi connectivity index (χ4n) is 3.73. The molecule has 38 heavy (non-hydrogen) atoms. The lowest BCUT2D eigenvalue weighted by Crippen LogP contribution is -2.64. The van der Waals surface area contributed by atoms with Crippen LogP contribution >= 0.6 is 24.4 Å². The van der Waals surface area contributed by atoms with E-state index in [1.165, 1.54) is 0 Å². The van der Waals surface area contributed by atoms with Crippen LogP contribution < -0.4 is 29.6 Å². The van der Waals surface area contributed by atoms with Crippen LogP contribution in [0.5, 0.6) is 23.0 Å². The number of nitrogens with zero attached hydrogens (tertiary/aromatic N) is 4. The van der Waals surface area contributed by atoms with E-state index in [1.54, 1.807) is 65.0 Å². The van der Waals surface area contributed by atoms with E-state index in [1.807, 2.05) is 36.4 Å². The first-order valence-electron chi connectivity index (χ1n) is 11.9. The van der Waals surface area contributed by atoms with E-state index in [2.05, 4.69) is 20.8 Å². The van der Waals surface area contributed by atoms with Crippen molar-refractivity contribution in [1.29, 1.82) is 0 Å². The molecule has 3 rings (SSSR count). The van der Waals surface area contributed by atoms with Gasteiger partial charge < -0.3 is 18.9 Å². The monoisotopic (exact) mass is 558 g/mol. The molecule has 2 N–H and O–H groups in total. The molecule has 0 aromatic heterocycles. The molecule has 0 saturated carbocycles.